The topological polar surface area (TPSA) is 68.0 Å². The standard InChI is InChI=1S/C14H23N3O/c1-3-4-5-6-11(2)17-14(18)13-8-7-12(9-15)10-16-13/h7-8,10-11H,3-6,9,15H2,1-2H3,(H,17,18). The smallest absolute Gasteiger partial charge is 0.270 e. The van der Waals surface area contributed by atoms with Crippen LogP contribution in [0.5, 0.6) is 0 Å². The van der Waals surface area contributed by atoms with E-state index in [0.717, 1.165) is 18.4 Å². The van der Waals surface area contributed by atoms with Crippen molar-refractivity contribution in [2.24, 2.45) is 5.73 Å². The number of nitrogens with one attached hydrogen (secondary N) is 1. The van der Waals surface area contributed by atoms with Gasteiger partial charge >= 0.3 is 0 Å². The number of aromatic nitrogens is 1. The summed E-state index contributed by atoms with van der Waals surface area (Å²) in [5, 5.41) is 2.96. The van der Waals surface area contributed by atoms with Crippen molar-refractivity contribution >= 4 is 5.91 Å². The molecule has 1 heterocycles. The van der Waals surface area contributed by atoms with Crippen LogP contribution in [-0.4, -0.2) is 16.9 Å². The first-order valence-corrected chi connectivity index (χ1v) is 6.63. The Balaban J connectivity index is 2.43. The predicted molar refractivity (Wildman–Crippen MR) is 73.2 cm³/mol. The number of nitrogens with zero attached hydrogens (tertiary/aromatic N) is 1. The molecule has 0 saturated heterocycles. The fraction of sp³-hybridized carbons (Fsp3) is 0.571. The van der Waals surface area contributed by atoms with E-state index in [1.54, 1.807) is 12.3 Å². The van der Waals surface area contributed by atoms with Crippen molar-refractivity contribution in [2.75, 3.05) is 0 Å². The van der Waals surface area contributed by atoms with Crippen LogP contribution in [0.25, 0.3) is 0 Å². The minimum Gasteiger partial charge on any atom is -0.348 e. The lowest BCUT2D eigenvalue weighted by Gasteiger charge is -2.13. The molecular formula is C14H23N3O. The van der Waals surface area contributed by atoms with Crippen molar-refractivity contribution in [1.82, 2.24) is 10.3 Å². The van der Waals surface area contributed by atoms with Crippen LogP contribution in [-0.2, 0) is 6.54 Å². The number of rotatable bonds is 7. The second-order valence-electron chi connectivity index (χ2n) is 4.63. The zero-order valence-corrected chi connectivity index (χ0v) is 11.3. The van der Waals surface area contributed by atoms with E-state index >= 15 is 0 Å². The Hall–Kier alpha value is -1.42. The molecule has 1 rings (SSSR count). The number of hydrogen-bond acceptors (Lipinski definition) is 3. The van der Waals surface area contributed by atoms with E-state index in [2.05, 4.69) is 17.2 Å². The minimum atomic E-state index is -0.109. The van der Waals surface area contributed by atoms with E-state index in [1.165, 1.54) is 12.8 Å². The predicted octanol–water partition coefficient (Wildman–Crippen LogP) is 2.24. The Morgan fingerprint density at radius 2 is 2.22 bits per heavy atom. The molecule has 100 valence electrons. The first kappa shape index (κ1) is 14.6. The van der Waals surface area contributed by atoms with Gasteiger partial charge in [-0.1, -0.05) is 32.3 Å². The Morgan fingerprint density at radius 3 is 2.78 bits per heavy atom. The van der Waals surface area contributed by atoms with E-state index in [-0.39, 0.29) is 11.9 Å². The maximum Gasteiger partial charge on any atom is 0.270 e. The summed E-state index contributed by atoms with van der Waals surface area (Å²) in [4.78, 5) is 16.0. The molecule has 0 bridgehead atoms. The summed E-state index contributed by atoms with van der Waals surface area (Å²) >= 11 is 0. The molecule has 4 nitrogen and oxygen atoms in total. The average molecular weight is 249 g/mol. The van der Waals surface area contributed by atoms with Gasteiger partial charge in [-0.2, -0.15) is 0 Å². The third-order valence-electron chi connectivity index (χ3n) is 2.91. The summed E-state index contributed by atoms with van der Waals surface area (Å²) in [6.07, 6.45) is 6.22. The minimum absolute atomic E-state index is 0.109. The fourth-order valence-electron chi connectivity index (χ4n) is 1.75. The second kappa shape index (κ2) is 7.82. The Morgan fingerprint density at radius 1 is 1.44 bits per heavy atom. The number of amides is 1. The second-order valence-corrected chi connectivity index (χ2v) is 4.63. The van der Waals surface area contributed by atoms with Crippen molar-refractivity contribution in [1.29, 1.82) is 0 Å². The monoisotopic (exact) mass is 249 g/mol. The van der Waals surface area contributed by atoms with Gasteiger partial charge in [0.15, 0.2) is 0 Å². The Bertz CT molecular complexity index is 362. The molecule has 0 aliphatic rings. The third-order valence-corrected chi connectivity index (χ3v) is 2.91. The summed E-state index contributed by atoms with van der Waals surface area (Å²) in [5.74, 6) is -0.109. The molecule has 0 aliphatic heterocycles. The quantitative estimate of drug-likeness (QED) is 0.728. The number of carbonyl (C=O) groups is 1. The summed E-state index contributed by atoms with van der Waals surface area (Å²) in [5.41, 5.74) is 6.87. The van der Waals surface area contributed by atoms with E-state index in [0.29, 0.717) is 12.2 Å². The molecule has 0 aliphatic carbocycles. The lowest BCUT2D eigenvalue weighted by atomic mass is 10.1. The van der Waals surface area contributed by atoms with E-state index < -0.39 is 0 Å². The van der Waals surface area contributed by atoms with Crippen molar-refractivity contribution in [3.8, 4) is 0 Å². The molecule has 0 saturated carbocycles. The zero-order valence-electron chi connectivity index (χ0n) is 11.3. The van der Waals surface area contributed by atoms with Crippen molar-refractivity contribution in [3.05, 3.63) is 29.6 Å². The molecule has 0 fully saturated rings. The molecule has 1 aromatic rings. The Kier molecular flexibility index (Phi) is 6.36. The average Bonchev–Trinajstić information content (AvgIpc) is 2.39. The molecule has 1 unspecified atom stereocenters. The van der Waals surface area contributed by atoms with Gasteiger partial charge in [0.05, 0.1) is 0 Å². The highest BCUT2D eigenvalue weighted by Gasteiger charge is 2.10. The molecule has 4 heteroatoms. The highest BCUT2D eigenvalue weighted by Crippen LogP contribution is 2.04. The SMILES string of the molecule is CCCCCC(C)NC(=O)c1ccc(CN)cn1. The van der Waals surface area contributed by atoms with Crippen LogP contribution in [0.4, 0.5) is 0 Å². The summed E-state index contributed by atoms with van der Waals surface area (Å²) < 4.78 is 0. The number of pyridine rings is 1. The highest BCUT2D eigenvalue weighted by atomic mass is 16.1. The van der Waals surface area contributed by atoms with Crippen LogP contribution in [0.3, 0.4) is 0 Å². The number of hydrogen-bond donors (Lipinski definition) is 2. The van der Waals surface area contributed by atoms with Crippen molar-refractivity contribution < 1.29 is 4.79 Å². The molecule has 1 amide bonds. The van der Waals surface area contributed by atoms with Gasteiger partial charge in [0.25, 0.3) is 5.91 Å². The van der Waals surface area contributed by atoms with Crippen LogP contribution in [0.1, 0.15) is 55.6 Å². The van der Waals surface area contributed by atoms with Gasteiger partial charge in [-0.25, -0.2) is 0 Å². The lowest BCUT2D eigenvalue weighted by Crippen LogP contribution is -2.33. The van der Waals surface area contributed by atoms with Crippen molar-refractivity contribution in [3.63, 3.8) is 0 Å². The fourth-order valence-corrected chi connectivity index (χ4v) is 1.75. The first-order valence-electron chi connectivity index (χ1n) is 6.63. The number of nitrogens with two attached hydrogens (primary N) is 1. The van der Waals surface area contributed by atoms with E-state index in [9.17, 15) is 4.79 Å². The van der Waals surface area contributed by atoms with Crippen LogP contribution < -0.4 is 11.1 Å². The molecule has 0 aromatic carbocycles. The molecular weight excluding hydrogens is 226 g/mol. The number of unbranched alkanes of at least 4 members (excludes halogenated alkanes) is 2. The Labute approximate surface area is 109 Å². The normalized spacial score (nSPS) is 12.2. The summed E-state index contributed by atoms with van der Waals surface area (Å²) in [6.45, 7) is 4.65. The van der Waals surface area contributed by atoms with Gasteiger partial charge in [0.2, 0.25) is 0 Å². The molecule has 1 aromatic heterocycles. The van der Waals surface area contributed by atoms with Crippen LogP contribution in [0, 0.1) is 0 Å². The van der Waals surface area contributed by atoms with E-state index in [4.69, 9.17) is 5.73 Å². The van der Waals surface area contributed by atoms with Crippen LogP contribution in [0.15, 0.2) is 18.3 Å². The highest BCUT2D eigenvalue weighted by molar-refractivity contribution is 5.92. The summed E-state index contributed by atoms with van der Waals surface area (Å²) in [7, 11) is 0. The lowest BCUT2D eigenvalue weighted by molar-refractivity contribution is 0.0933. The van der Waals surface area contributed by atoms with Crippen molar-refractivity contribution in [2.45, 2.75) is 52.1 Å². The maximum atomic E-state index is 11.9. The van der Waals surface area contributed by atoms with Crippen LogP contribution in [0.2, 0.25) is 0 Å². The molecule has 3 N–H and O–H groups in total. The van der Waals surface area contributed by atoms with Gasteiger partial charge in [-0.05, 0) is 25.0 Å². The molecule has 0 spiro atoms. The maximum absolute atomic E-state index is 11.9. The van der Waals surface area contributed by atoms with E-state index in [1.807, 2.05) is 13.0 Å². The van der Waals surface area contributed by atoms with Gasteiger partial charge in [0, 0.05) is 18.8 Å². The molecule has 1 atom stereocenters. The van der Waals surface area contributed by atoms with Gasteiger partial charge in [0.1, 0.15) is 5.69 Å². The largest absolute Gasteiger partial charge is 0.348 e. The molecule has 18 heavy (non-hydrogen) atoms. The van der Waals surface area contributed by atoms with Gasteiger partial charge in [-0.3, -0.25) is 9.78 Å². The number of carbonyl (C=O) groups excluding carboxylic acids is 1. The zero-order chi connectivity index (χ0) is 13.4. The van der Waals surface area contributed by atoms with Gasteiger partial charge in [-0.15, -0.1) is 0 Å². The van der Waals surface area contributed by atoms with Gasteiger partial charge < -0.3 is 11.1 Å². The molecule has 0 radical (unpaired) electrons. The van der Waals surface area contributed by atoms with Crippen LogP contribution >= 0.6 is 0 Å². The third kappa shape index (κ3) is 4.84. The first-order chi connectivity index (χ1) is 8.67. The summed E-state index contributed by atoms with van der Waals surface area (Å²) in [6, 6.07) is 3.75.